The lowest BCUT2D eigenvalue weighted by atomic mass is 10.0. The Labute approximate surface area is 193 Å². The number of hydrogen-bond donors (Lipinski definition) is 2. The highest BCUT2D eigenvalue weighted by Gasteiger charge is 2.19. The molecule has 0 unspecified atom stereocenters. The van der Waals surface area contributed by atoms with Crippen LogP contribution in [0.4, 0.5) is 5.69 Å². The summed E-state index contributed by atoms with van der Waals surface area (Å²) >= 11 is 7.84. The predicted molar refractivity (Wildman–Crippen MR) is 127 cm³/mol. The van der Waals surface area contributed by atoms with E-state index in [9.17, 15) is 10.1 Å². The number of carbonyl (C=O) groups excluding carboxylic acids is 1. The zero-order chi connectivity index (χ0) is 22.4. The number of amides is 1. The van der Waals surface area contributed by atoms with E-state index < -0.39 is 0 Å². The normalized spacial score (nSPS) is 14.9. The molecule has 1 aliphatic rings. The minimum atomic E-state index is -0.299. The van der Waals surface area contributed by atoms with Gasteiger partial charge < -0.3 is 16.0 Å². The van der Waals surface area contributed by atoms with Gasteiger partial charge in [-0.15, -0.1) is 11.8 Å². The van der Waals surface area contributed by atoms with Gasteiger partial charge in [0.25, 0.3) is 5.91 Å². The van der Waals surface area contributed by atoms with Gasteiger partial charge in [0.05, 0.1) is 17.2 Å². The number of piperazine rings is 1. The van der Waals surface area contributed by atoms with Crippen molar-refractivity contribution in [3.05, 3.63) is 57.6 Å². The van der Waals surface area contributed by atoms with Gasteiger partial charge in [-0.3, -0.25) is 9.69 Å². The third-order valence-electron chi connectivity index (χ3n) is 5.39. The highest BCUT2D eigenvalue weighted by atomic mass is 35.5. The molecule has 6 nitrogen and oxygen atoms in total. The van der Waals surface area contributed by atoms with Crippen LogP contribution in [0.15, 0.2) is 35.2 Å². The number of carbonyl (C=O) groups is 1. The van der Waals surface area contributed by atoms with E-state index in [0.29, 0.717) is 34.9 Å². The number of hydrogen-bond acceptors (Lipinski definition) is 6. The quantitative estimate of drug-likeness (QED) is 0.488. The van der Waals surface area contributed by atoms with Gasteiger partial charge >= 0.3 is 0 Å². The topological polar surface area (TPSA) is 85.4 Å². The van der Waals surface area contributed by atoms with Crippen LogP contribution in [0.5, 0.6) is 0 Å². The average Bonchev–Trinajstić information content (AvgIpc) is 2.75. The van der Waals surface area contributed by atoms with Crippen molar-refractivity contribution in [2.24, 2.45) is 0 Å². The highest BCUT2D eigenvalue weighted by Crippen LogP contribution is 2.26. The Morgan fingerprint density at radius 3 is 2.65 bits per heavy atom. The van der Waals surface area contributed by atoms with Crippen molar-refractivity contribution in [3.8, 4) is 6.07 Å². The van der Waals surface area contributed by atoms with E-state index in [2.05, 4.69) is 35.2 Å². The lowest BCUT2D eigenvalue weighted by Gasteiger charge is -2.32. The van der Waals surface area contributed by atoms with Gasteiger partial charge in [-0.25, -0.2) is 0 Å². The number of nitrogens with two attached hydrogens (primary N) is 1. The lowest BCUT2D eigenvalue weighted by molar-refractivity contribution is 0.0951. The first-order valence-electron chi connectivity index (χ1n) is 10.3. The van der Waals surface area contributed by atoms with E-state index in [4.69, 9.17) is 17.3 Å². The average molecular weight is 458 g/mol. The second-order valence-electron chi connectivity index (χ2n) is 7.66. The maximum absolute atomic E-state index is 12.8. The number of thioether (sulfide) groups is 1. The molecule has 0 spiro atoms. The van der Waals surface area contributed by atoms with E-state index in [1.807, 2.05) is 18.2 Å². The van der Waals surface area contributed by atoms with Gasteiger partial charge in [-0.05, 0) is 54.3 Å². The zero-order valence-electron chi connectivity index (χ0n) is 17.9. The number of benzene rings is 2. The van der Waals surface area contributed by atoms with Crippen LogP contribution in [-0.2, 0) is 13.1 Å². The molecular weight excluding hydrogens is 430 g/mol. The smallest absolute Gasteiger partial charge is 0.253 e. The van der Waals surface area contributed by atoms with Crippen molar-refractivity contribution in [1.29, 1.82) is 5.26 Å². The Balaban J connectivity index is 1.73. The van der Waals surface area contributed by atoms with Crippen LogP contribution in [-0.4, -0.2) is 54.7 Å². The molecule has 0 atom stereocenters. The predicted octanol–water partition coefficient (Wildman–Crippen LogP) is 3.58. The molecule has 1 amide bonds. The fourth-order valence-corrected chi connectivity index (χ4v) is 4.58. The summed E-state index contributed by atoms with van der Waals surface area (Å²) in [6.07, 6.45) is 0. The molecular formula is C23H28ClN5OS. The minimum absolute atomic E-state index is 0.299. The molecule has 164 valence electrons. The molecule has 0 radical (unpaired) electrons. The van der Waals surface area contributed by atoms with Gasteiger partial charge in [0.2, 0.25) is 0 Å². The van der Waals surface area contributed by atoms with E-state index in [1.165, 1.54) is 0 Å². The molecule has 1 fully saturated rings. The van der Waals surface area contributed by atoms with Crippen LogP contribution < -0.4 is 11.1 Å². The Morgan fingerprint density at radius 2 is 1.97 bits per heavy atom. The maximum Gasteiger partial charge on any atom is 0.253 e. The van der Waals surface area contributed by atoms with Gasteiger partial charge in [-0.1, -0.05) is 18.5 Å². The van der Waals surface area contributed by atoms with Crippen molar-refractivity contribution in [2.75, 3.05) is 44.7 Å². The summed E-state index contributed by atoms with van der Waals surface area (Å²) in [5.74, 6) is 0.628. The van der Waals surface area contributed by atoms with Crippen molar-refractivity contribution in [1.82, 2.24) is 15.1 Å². The summed E-state index contributed by atoms with van der Waals surface area (Å²) in [7, 11) is 2.11. The number of halogens is 1. The number of anilines is 1. The number of nitrogen functional groups attached to an aromatic ring is 1. The van der Waals surface area contributed by atoms with Crippen molar-refractivity contribution in [2.45, 2.75) is 24.9 Å². The monoisotopic (exact) mass is 457 g/mol. The first-order valence-corrected chi connectivity index (χ1v) is 11.7. The molecule has 3 rings (SSSR count). The fraction of sp³-hybridized carbons (Fsp3) is 0.391. The summed E-state index contributed by atoms with van der Waals surface area (Å²) in [5, 5.41) is 13.2. The number of nitrogens with one attached hydrogen (secondary N) is 1. The lowest BCUT2D eigenvalue weighted by Crippen LogP contribution is -2.44. The van der Waals surface area contributed by atoms with E-state index in [1.54, 1.807) is 23.9 Å². The maximum atomic E-state index is 12.8. The summed E-state index contributed by atoms with van der Waals surface area (Å²) < 4.78 is 0. The largest absolute Gasteiger partial charge is 0.398 e. The molecule has 1 heterocycles. The molecule has 8 heteroatoms. The Bertz CT molecular complexity index is 983. The van der Waals surface area contributed by atoms with Crippen molar-refractivity contribution in [3.63, 3.8) is 0 Å². The van der Waals surface area contributed by atoms with E-state index in [0.717, 1.165) is 48.0 Å². The van der Waals surface area contributed by atoms with Gasteiger partial charge in [0.15, 0.2) is 0 Å². The van der Waals surface area contributed by atoms with Crippen LogP contribution in [0.3, 0.4) is 0 Å². The molecule has 0 bridgehead atoms. The SMILES string of the molecule is CCSc1ccc(Cl)cc1CNC(=O)c1cc(C#N)c(CN2CCN(C)CC2)cc1N. The molecule has 3 N–H and O–H groups in total. The standard InChI is InChI=1S/C23H28ClN5OS/c1-3-31-22-5-4-19(24)10-17(22)14-27-23(30)20-11-16(13-25)18(12-21(20)26)15-29-8-6-28(2)7-9-29/h4-5,10-12H,3,6-9,14-15,26H2,1-2H3,(H,27,30). The second kappa shape index (κ2) is 10.9. The van der Waals surface area contributed by atoms with Crippen molar-refractivity contribution < 1.29 is 4.79 Å². The fourth-order valence-electron chi connectivity index (χ4n) is 3.60. The first-order chi connectivity index (χ1) is 14.9. The molecule has 1 saturated heterocycles. The zero-order valence-corrected chi connectivity index (χ0v) is 19.5. The molecule has 0 aliphatic carbocycles. The van der Waals surface area contributed by atoms with Gasteiger partial charge in [0.1, 0.15) is 0 Å². The van der Waals surface area contributed by atoms with Crippen LogP contribution in [0.25, 0.3) is 0 Å². The minimum Gasteiger partial charge on any atom is -0.398 e. The van der Waals surface area contributed by atoms with E-state index in [-0.39, 0.29) is 5.91 Å². The summed E-state index contributed by atoms with van der Waals surface area (Å²) in [6.45, 7) is 6.96. The summed E-state index contributed by atoms with van der Waals surface area (Å²) in [5.41, 5.74) is 9.24. The van der Waals surface area contributed by atoms with Crippen LogP contribution >= 0.6 is 23.4 Å². The van der Waals surface area contributed by atoms with E-state index >= 15 is 0 Å². The van der Waals surface area contributed by atoms with Crippen LogP contribution in [0.1, 0.15) is 34.0 Å². The molecule has 2 aromatic carbocycles. The number of rotatable bonds is 7. The van der Waals surface area contributed by atoms with Crippen molar-refractivity contribution >= 4 is 35.0 Å². The Hall–Kier alpha value is -2.24. The molecule has 0 saturated carbocycles. The third-order valence-corrected chi connectivity index (χ3v) is 6.63. The first kappa shape index (κ1) is 23.4. The number of likely N-dealkylation sites (N-methyl/N-ethyl adjacent to an activating group) is 1. The van der Waals surface area contributed by atoms with Crippen LogP contribution in [0, 0.1) is 11.3 Å². The number of nitriles is 1. The Morgan fingerprint density at radius 1 is 1.23 bits per heavy atom. The van der Waals surface area contributed by atoms with Gasteiger partial charge in [-0.2, -0.15) is 5.26 Å². The second-order valence-corrected chi connectivity index (χ2v) is 9.40. The number of nitrogens with zero attached hydrogens (tertiary/aromatic N) is 3. The third kappa shape index (κ3) is 6.14. The Kier molecular flexibility index (Phi) is 8.22. The molecule has 2 aromatic rings. The molecule has 1 aliphatic heterocycles. The van der Waals surface area contributed by atoms with Crippen LogP contribution in [0.2, 0.25) is 5.02 Å². The summed E-state index contributed by atoms with van der Waals surface area (Å²) in [4.78, 5) is 18.5. The molecule has 0 aromatic heterocycles. The molecule has 31 heavy (non-hydrogen) atoms. The summed E-state index contributed by atoms with van der Waals surface area (Å²) in [6, 6.07) is 11.3. The highest BCUT2D eigenvalue weighted by molar-refractivity contribution is 7.99. The van der Waals surface area contributed by atoms with Gasteiger partial charge in [0, 0.05) is 54.9 Å².